The molecule has 0 bridgehead atoms. The van der Waals surface area contributed by atoms with Gasteiger partial charge in [-0.25, -0.2) is 4.39 Å². The fourth-order valence-corrected chi connectivity index (χ4v) is 3.82. The van der Waals surface area contributed by atoms with Crippen molar-refractivity contribution in [2.24, 2.45) is 0 Å². The lowest BCUT2D eigenvalue weighted by Crippen LogP contribution is -2.22. The van der Waals surface area contributed by atoms with E-state index < -0.39 is 5.82 Å². The monoisotopic (exact) mass is 488 g/mol. The molecule has 0 aliphatic rings. The van der Waals surface area contributed by atoms with E-state index >= 15 is 4.39 Å². The van der Waals surface area contributed by atoms with E-state index in [0.29, 0.717) is 37.4 Å². The highest BCUT2D eigenvalue weighted by molar-refractivity contribution is 5.98. The molecular weight excluding hydrogens is 455 g/mol. The average Bonchev–Trinajstić information content (AvgIpc) is 2.88. The van der Waals surface area contributed by atoms with Crippen molar-refractivity contribution in [1.29, 1.82) is 0 Å². The molecule has 0 aliphatic carbocycles. The Labute approximate surface area is 212 Å². The number of hydrogen-bond donors (Lipinski definition) is 2. The van der Waals surface area contributed by atoms with Crippen molar-refractivity contribution >= 4 is 17.1 Å². The molecule has 188 valence electrons. The van der Waals surface area contributed by atoms with Crippen molar-refractivity contribution in [2.75, 3.05) is 33.8 Å². The summed E-state index contributed by atoms with van der Waals surface area (Å²) in [6.07, 6.45) is 4.03. The summed E-state index contributed by atoms with van der Waals surface area (Å²) in [6, 6.07) is 21.8. The lowest BCUT2D eigenvalue weighted by atomic mass is 9.88. The Kier molecular flexibility index (Phi) is 9.83. The summed E-state index contributed by atoms with van der Waals surface area (Å²) in [7, 11) is 3.42. The summed E-state index contributed by atoms with van der Waals surface area (Å²) >= 11 is 0. The average molecular weight is 489 g/mol. The lowest BCUT2D eigenvalue weighted by Gasteiger charge is -2.17. The Bertz CT molecular complexity index is 1200. The van der Waals surface area contributed by atoms with E-state index in [4.69, 9.17) is 4.74 Å². The molecule has 0 fully saturated rings. The summed E-state index contributed by atoms with van der Waals surface area (Å²) < 4.78 is 20.8. The third-order valence-electron chi connectivity index (χ3n) is 5.65. The van der Waals surface area contributed by atoms with Crippen molar-refractivity contribution in [3.05, 3.63) is 107 Å². The molecule has 5 nitrogen and oxygen atoms in total. The van der Waals surface area contributed by atoms with Crippen LogP contribution >= 0.6 is 0 Å². The Hall–Kier alpha value is -3.90. The number of rotatable bonds is 11. The second kappa shape index (κ2) is 13.3. The van der Waals surface area contributed by atoms with E-state index in [1.54, 1.807) is 26.2 Å². The highest BCUT2D eigenvalue weighted by Gasteiger charge is 2.17. The fraction of sp³-hybridized carbons (Fsp3) is 0.233. The predicted molar refractivity (Wildman–Crippen MR) is 143 cm³/mol. The number of carbonyl (C=O) groups excluding carboxylic acids is 1. The number of hydrogen-bond acceptors (Lipinski definition) is 4. The smallest absolute Gasteiger partial charge is 0.245 e. The Balaban J connectivity index is 1.75. The number of amides is 1. The molecule has 0 radical (unpaired) electrons. The fourth-order valence-electron chi connectivity index (χ4n) is 3.82. The number of allylic oxidation sites excluding steroid dienone is 1. The van der Waals surface area contributed by atoms with E-state index in [1.165, 1.54) is 17.0 Å². The van der Waals surface area contributed by atoms with Gasteiger partial charge in [0.25, 0.3) is 0 Å². The molecule has 0 heterocycles. The topological polar surface area (TPSA) is 61.8 Å². The predicted octanol–water partition coefficient (Wildman–Crippen LogP) is 5.51. The first-order chi connectivity index (χ1) is 17.4. The molecule has 0 aliphatic heterocycles. The first-order valence-corrected chi connectivity index (χ1v) is 12.0. The number of nitrogens with one attached hydrogen (secondary N) is 1. The molecule has 3 aromatic carbocycles. The molecule has 6 heteroatoms. The van der Waals surface area contributed by atoms with Crippen molar-refractivity contribution < 1.29 is 19.0 Å². The van der Waals surface area contributed by atoms with Crippen molar-refractivity contribution in [1.82, 2.24) is 10.2 Å². The summed E-state index contributed by atoms with van der Waals surface area (Å²) in [5.41, 5.74) is 4.12. The van der Waals surface area contributed by atoms with Crippen molar-refractivity contribution in [3.8, 4) is 11.5 Å². The van der Waals surface area contributed by atoms with Gasteiger partial charge in [-0.1, -0.05) is 55.5 Å². The van der Waals surface area contributed by atoms with Crippen LogP contribution in [0.5, 0.6) is 11.5 Å². The van der Waals surface area contributed by atoms with Crippen LogP contribution in [0.4, 0.5) is 4.39 Å². The van der Waals surface area contributed by atoms with Gasteiger partial charge in [-0.2, -0.15) is 0 Å². The van der Waals surface area contributed by atoms with Gasteiger partial charge in [-0.15, -0.1) is 0 Å². The molecule has 0 saturated heterocycles. The summed E-state index contributed by atoms with van der Waals surface area (Å²) in [6.45, 7) is 3.72. The Morgan fingerprint density at radius 1 is 1.03 bits per heavy atom. The van der Waals surface area contributed by atoms with Gasteiger partial charge in [0.15, 0.2) is 0 Å². The van der Waals surface area contributed by atoms with Gasteiger partial charge < -0.3 is 20.1 Å². The maximum Gasteiger partial charge on any atom is 0.245 e. The van der Waals surface area contributed by atoms with E-state index in [2.05, 4.69) is 12.2 Å². The number of ether oxygens (including phenoxy) is 1. The van der Waals surface area contributed by atoms with Gasteiger partial charge in [0.2, 0.25) is 5.91 Å². The SMILES string of the molecule is CC/C(=C(/c1ccc(OCCNC/C=C/C(=O)N(C)C)cc1)c1ccc(O)cc1F)c1ccccc1. The summed E-state index contributed by atoms with van der Waals surface area (Å²) in [5, 5.41) is 12.9. The van der Waals surface area contributed by atoms with E-state index in [1.807, 2.05) is 54.6 Å². The van der Waals surface area contributed by atoms with Crippen LogP contribution in [-0.4, -0.2) is 49.7 Å². The van der Waals surface area contributed by atoms with Crippen LogP contribution in [0.2, 0.25) is 0 Å². The zero-order chi connectivity index (χ0) is 25.9. The van der Waals surface area contributed by atoms with Crippen LogP contribution in [0.25, 0.3) is 11.1 Å². The summed E-state index contributed by atoms with van der Waals surface area (Å²) in [5.74, 6) is 0.0829. The van der Waals surface area contributed by atoms with Crippen LogP contribution in [0.1, 0.15) is 30.0 Å². The number of carbonyl (C=O) groups is 1. The van der Waals surface area contributed by atoms with Gasteiger partial charge in [0.05, 0.1) is 0 Å². The van der Waals surface area contributed by atoms with Crippen LogP contribution in [0, 0.1) is 5.82 Å². The number of phenols is 1. The number of benzene rings is 3. The molecule has 3 aromatic rings. The maximum atomic E-state index is 15.0. The molecule has 2 N–H and O–H groups in total. The molecule has 0 aromatic heterocycles. The third kappa shape index (κ3) is 7.30. The first kappa shape index (κ1) is 26.7. The minimum atomic E-state index is -0.473. The number of nitrogens with zero attached hydrogens (tertiary/aromatic N) is 1. The van der Waals surface area contributed by atoms with Gasteiger partial charge in [0.1, 0.15) is 23.9 Å². The van der Waals surface area contributed by atoms with Crippen molar-refractivity contribution in [2.45, 2.75) is 13.3 Å². The maximum absolute atomic E-state index is 15.0. The van der Waals surface area contributed by atoms with Crippen LogP contribution in [0.3, 0.4) is 0 Å². The highest BCUT2D eigenvalue weighted by atomic mass is 19.1. The molecule has 0 unspecified atom stereocenters. The number of halogens is 1. The lowest BCUT2D eigenvalue weighted by molar-refractivity contribution is -0.123. The molecule has 0 atom stereocenters. The number of aromatic hydroxyl groups is 1. The number of likely N-dealkylation sites (N-methyl/N-ethyl adjacent to an activating group) is 1. The Morgan fingerprint density at radius 2 is 1.75 bits per heavy atom. The van der Waals surface area contributed by atoms with E-state index in [-0.39, 0.29) is 11.7 Å². The van der Waals surface area contributed by atoms with Gasteiger partial charge in [-0.3, -0.25) is 4.79 Å². The standard InChI is InChI=1S/C30H33FN2O3/c1-4-26(22-9-6-5-7-10-22)30(27-17-14-24(34)21-28(27)31)23-12-15-25(16-13-23)36-20-19-32-18-8-11-29(35)33(2)3/h5-17,21,32,34H,4,18-20H2,1-3H3/b11-8+,30-26+. The third-order valence-corrected chi connectivity index (χ3v) is 5.65. The molecular formula is C30H33FN2O3. The quantitative estimate of drug-likeness (QED) is 0.212. The van der Waals surface area contributed by atoms with Crippen molar-refractivity contribution in [3.63, 3.8) is 0 Å². The minimum absolute atomic E-state index is 0.0489. The first-order valence-electron chi connectivity index (χ1n) is 12.0. The van der Waals surface area contributed by atoms with Gasteiger partial charge >= 0.3 is 0 Å². The Morgan fingerprint density at radius 3 is 2.39 bits per heavy atom. The molecule has 36 heavy (non-hydrogen) atoms. The second-order valence-corrected chi connectivity index (χ2v) is 8.45. The molecule has 0 saturated carbocycles. The zero-order valence-electron chi connectivity index (χ0n) is 21.0. The van der Waals surface area contributed by atoms with Crippen LogP contribution in [0.15, 0.2) is 84.9 Å². The second-order valence-electron chi connectivity index (χ2n) is 8.45. The largest absolute Gasteiger partial charge is 0.508 e. The minimum Gasteiger partial charge on any atom is -0.508 e. The van der Waals surface area contributed by atoms with Crippen LogP contribution in [-0.2, 0) is 4.79 Å². The zero-order valence-corrected chi connectivity index (χ0v) is 21.0. The summed E-state index contributed by atoms with van der Waals surface area (Å²) in [4.78, 5) is 13.0. The molecule has 0 spiro atoms. The van der Waals surface area contributed by atoms with Gasteiger partial charge in [0, 0.05) is 44.9 Å². The molecule has 3 rings (SSSR count). The highest BCUT2D eigenvalue weighted by Crippen LogP contribution is 2.36. The number of phenolic OH excluding ortho intramolecular Hbond substituents is 1. The van der Waals surface area contributed by atoms with E-state index in [0.717, 1.165) is 28.3 Å². The molecule has 1 amide bonds. The van der Waals surface area contributed by atoms with E-state index in [9.17, 15) is 9.90 Å². The van der Waals surface area contributed by atoms with Crippen LogP contribution < -0.4 is 10.1 Å². The normalized spacial score (nSPS) is 11.9. The van der Waals surface area contributed by atoms with Gasteiger partial charge in [-0.05, 0) is 53.0 Å².